The first kappa shape index (κ1) is 21.1. The van der Waals surface area contributed by atoms with E-state index in [0.29, 0.717) is 12.1 Å². The fourth-order valence-corrected chi connectivity index (χ4v) is 2.31. The normalized spacial score (nSPS) is 12.6. The summed E-state index contributed by atoms with van der Waals surface area (Å²) in [6.07, 6.45) is -11.5. The molecule has 0 spiro atoms. The van der Waals surface area contributed by atoms with Gasteiger partial charge in [0.1, 0.15) is 17.2 Å². The van der Waals surface area contributed by atoms with Crippen LogP contribution in [0.3, 0.4) is 0 Å². The number of alkyl halides is 6. The second-order valence-electron chi connectivity index (χ2n) is 5.58. The molecule has 0 aliphatic heterocycles. The second kappa shape index (κ2) is 7.79. The van der Waals surface area contributed by atoms with Crippen LogP contribution in [-0.2, 0) is 19.1 Å². The maximum atomic E-state index is 13.8. The number of halogens is 8. The molecule has 0 radical (unpaired) electrons. The number of aryl methyl sites for hydroxylation is 2. The summed E-state index contributed by atoms with van der Waals surface area (Å²) in [6, 6.07) is 0.776. The van der Waals surface area contributed by atoms with Crippen LogP contribution >= 0.6 is 0 Å². The van der Waals surface area contributed by atoms with Crippen molar-refractivity contribution in [1.82, 2.24) is 14.8 Å². The van der Waals surface area contributed by atoms with Gasteiger partial charge >= 0.3 is 12.4 Å². The molecule has 27 heavy (non-hydrogen) atoms. The average molecular weight is 403 g/mol. The fourth-order valence-electron chi connectivity index (χ4n) is 2.31. The van der Waals surface area contributed by atoms with Gasteiger partial charge in [0.15, 0.2) is 11.6 Å². The lowest BCUT2D eigenvalue weighted by molar-refractivity contribution is -0.142. The predicted molar refractivity (Wildman–Crippen MR) is 76.5 cm³/mol. The van der Waals surface area contributed by atoms with Crippen molar-refractivity contribution in [1.29, 1.82) is 0 Å². The van der Waals surface area contributed by atoms with Crippen LogP contribution in [0.1, 0.15) is 24.2 Å². The van der Waals surface area contributed by atoms with E-state index in [9.17, 15) is 35.1 Å². The van der Waals surface area contributed by atoms with Crippen LogP contribution in [0.5, 0.6) is 0 Å². The number of hydrogen-bond donors (Lipinski definition) is 1. The summed E-state index contributed by atoms with van der Waals surface area (Å²) in [5.74, 6) is -4.36. The molecule has 0 aliphatic rings. The van der Waals surface area contributed by atoms with Crippen LogP contribution in [0.15, 0.2) is 12.1 Å². The van der Waals surface area contributed by atoms with E-state index in [0.717, 1.165) is 4.68 Å². The van der Waals surface area contributed by atoms with E-state index in [1.807, 2.05) is 0 Å². The van der Waals surface area contributed by atoms with E-state index in [2.05, 4.69) is 10.1 Å². The minimum atomic E-state index is -5.25. The first-order valence-corrected chi connectivity index (χ1v) is 7.60. The monoisotopic (exact) mass is 403 g/mol. The lowest BCUT2D eigenvalue weighted by Gasteiger charge is -2.11. The van der Waals surface area contributed by atoms with Gasteiger partial charge in [-0.2, -0.15) is 31.4 Å². The van der Waals surface area contributed by atoms with Gasteiger partial charge in [0, 0.05) is 25.1 Å². The molecule has 0 saturated carbocycles. The predicted octanol–water partition coefficient (Wildman–Crippen LogP) is 4.12. The lowest BCUT2D eigenvalue weighted by Crippen LogP contribution is -2.12. The van der Waals surface area contributed by atoms with Gasteiger partial charge in [-0.05, 0) is 18.6 Å². The van der Waals surface area contributed by atoms with Gasteiger partial charge in [-0.3, -0.25) is 0 Å². The number of aliphatic hydroxyl groups excluding tert-OH is 1. The summed E-state index contributed by atoms with van der Waals surface area (Å²) in [5.41, 5.74) is -2.49. The molecule has 0 atom stereocenters. The van der Waals surface area contributed by atoms with Gasteiger partial charge in [-0.25, -0.2) is 18.4 Å². The van der Waals surface area contributed by atoms with Crippen molar-refractivity contribution in [2.24, 2.45) is 0 Å². The van der Waals surface area contributed by atoms with E-state index in [4.69, 9.17) is 5.11 Å². The summed E-state index contributed by atoms with van der Waals surface area (Å²) < 4.78 is 104. The highest BCUT2D eigenvalue weighted by molar-refractivity contribution is 5.57. The zero-order valence-corrected chi connectivity index (χ0v) is 13.5. The summed E-state index contributed by atoms with van der Waals surface area (Å²) in [5, 5.41) is 12.6. The van der Waals surface area contributed by atoms with Gasteiger partial charge in [0.05, 0.1) is 6.42 Å². The van der Waals surface area contributed by atoms with Gasteiger partial charge in [-0.1, -0.05) is 0 Å². The third-order valence-corrected chi connectivity index (χ3v) is 3.46. The van der Waals surface area contributed by atoms with Crippen LogP contribution < -0.4 is 0 Å². The van der Waals surface area contributed by atoms with E-state index < -0.39 is 48.0 Å². The Bertz CT molecular complexity index is 774. The van der Waals surface area contributed by atoms with Crippen LogP contribution in [0, 0.1) is 11.6 Å². The van der Waals surface area contributed by atoms with Gasteiger partial charge < -0.3 is 5.11 Å². The molecule has 1 aromatic carbocycles. The number of nitrogens with zero attached hydrogens (tertiary/aromatic N) is 3. The molecule has 0 bridgehead atoms. The Morgan fingerprint density at radius 3 is 2.07 bits per heavy atom. The topological polar surface area (TPSA) is 50.9 Å². The summed E-state index contributed by atoms with van der Waals surface area (Å²) >= 11 is 0. The zero-order chi connectivity index (χ0) is 20.4. The van der Waals surface area contributed by atoms with Crippen LogP contribution in [0.25, 0.3) is 11.4 Å². The highest BCUT2D eigenvalue weighted by Crippen LogP contribution is 2.35. The Balaban J connectivity index is 2.45. The molecule has 0 saturated heterocycles. The standard InChI is InChI=1S/C15H13F8N3O/c16-9-6-8(7-10(17)12(9)15(21,22)23)13-24-11(2-3-14(18,19)20)25-26(13)4-1-5-27/h6-7,27H,1-5H2. The molecule has 1 aromatic heterocycles. The minimum absolute atomic E-state index is 0.0604. The SMILES string of the molecule is OCCCn1nc(CCC(F)(F)F)nc1-c1cc(F)c(C(F)(F)F)c(F)c1. The van der Waals surface area contributed by atoms with E-state index >= 15 is 0 Å². The molecule has 2 rings (SSSR count). The Morgan fingerprint density at radius 2 is 1.59 bits per heavy atom. The van der Waals surface area contributed by atoms with E-state index in [-0.39, 0.29) is 31.2 Å². The quantitative estimate of drug-likeness (QED) is 0.739. The summed E-state index contributed by atoms with van der Waals surface area (Å²) in [4.78, 5) is 3.77. The second-order valence-corrected chi connectivity index (χ2v) is 5.58. The molecule has 12 heteroatoms. The smallest absolute Gasteiger partial charge is 0.396 e. The van der Waals surface area contributed by atoms with Gasteiger partial charge in [-0.15, -0.1) is 0 Å². The third-order valence-electron chi connectivity index (χ3n) is 3.46. The lowest BCUT2D eigenvalue weighted by atomic mass is 10.1. The Kier molecular flexibility index (Phi) is 6.07. The Morgan fingerprint density at radius 1 is 1.00 bits per heavy atom. The van der Waals surface area contributed by atoms with Gasteiger partial charge in [0.25, 0.3) is 0 Å². The molecule has 0 amide bonds. The molecule has 1 N–H and O–H groups in total. The number of aliphatic hydroxyl groups is 1. The molecule has 4 nitrogen and oxygen atoms in total. The first-order chi connectivity index (χ1) is 12.4. The largest absolute Gasteiger partial charge is 0.422 e. The molecule has 150 valence electrons. The number of aromatic nitrogens is 3. The first-order valence-electron chi connectivity index (χ1n) is 7.60. The number of hydrogen-bond acceptors (Lipinski definition) is 3. The Labute approximate surface area is 147 Å². The molecule has 0 fully saturated rings. The summed E-state index contributed by atoms with van der Waals surface area (Å²) in [6.45, 7) is -0.373. The molecule has 1 heterocycles. The summed E-state index contributed by atoms with van der Waals surface area (Å²) in [7, 11) is 0. The molecular formula is C15H13F8N3O. The van der Waals surface area contributed by atoms with Crippen molar-refractivity contribution in [3.63, 3.8) is 0 Å². The average Bonchev–Trinajstić information content (AvgIpc) is 2.91. The van der Waals surface area contributed by atoms with E-state index in [1.165, 1.54) is 0 Å². The number of benzene rings is 1. The number of rotatable bonds is 6. The fraction of sp³-hybridized carbons (Fsp3) is 0.467. The van der Waals surface area contributed by atoms with Crippen molar-refractivity contribution in [3.05, 3.63) is 35.2 Å². The molecule has 0 aliphatic carbocycles. The third kappa shape index (κ3) is 5.37. The molecular weight excluding hydrogens is 390 g/mol. The van der Waals surface area contributed by atoms with Crippen LogP contribution in [0.4, 0.5) is 35.1 Å². The van der Waals surface area contributed by atoms with Gasteiger partial charge in [0.2, 0.25) is 0 Å². The van der Waals surface area contributed by atoms with Crippen LogP contribution in [0.2, 0.25) is 0 Å². The highest BCUT2D eigenvalue weighted by atomic mass is 19.4. The van der Waals surface area contributed by atoms with Crippen molar-refractivity contribution in [3.8, 4) is 11.4 Å². The molecule has 2 aromatic rings. The van der Waals surface area contributed by atoms with Crippen molar-refractivity contribution < 1.29 is 40.2 Å². The van der Waals surface area contributed by atoms with Crippen molar-refractivity contribution in [2.75, 3.05) is 6.61 Å². The maximum Gasteiger partial charge on any atom is 0.422 e. The highest BCUT2D eigenvalue weighted by Gasteiger charge is 2.38. The van der Waals surface area contributed by atoms with Crippen molar-refractivity contribution >= 4 is 0 Å². The minimum Gasteiger partial charge on any atom is -0.396 e. The zero-order valence-electron chi connectivity index (χ0n) is 13.5. The molecule has 0 unspecified atom stereocenters. The van der Waals surface area contributed by atoms with Crippen molar-refractivity contribution in [2.45, 2.75) is 38.2 Å². The Hall–Kier alpha value is -2.24. The van der Waals surface area contributed by atoms with Crippen LogP contribution in [-0.4, -0.2) is 32.7 Å². The maximum absolute atomic E-state index is 13.8. The van der Waals surface area contributed by atoms with E-state index in [1.54, 1.807) is 0 Å².